The Labute approximate surface area is 101 Å². The van der Waals surface area contributed by atoms with Crippen molar-refractivity contribution in [3.8, 4) is 0 Å². The number of nitrogens with zero attached hydrogens (tertiary/aromatic N) is 1. The fourth-order valence-corrected chi connectivity index (χ4v) is 2.30. The summed E-state index contributed by atoms with van der Waals surface area (Å²) in [4.78, 5) is 14.5. The summed E-state index contributed by atoms with van der Waals surface area (Å²) >= 11 is 1.66. The number of thioether (sulfide) groups is 1. The van der Waals surface area contributed by atoms with Crippen LogP contribution in [0.2, 0.25) is 0 Å². The fourth-order valence-electron chi connectivity index (χ4n) is 1.31. The molecular weight excluding hydrogens is 220 g/mol. The Balaban J connectivity index is 3.12. The van der Waals surface area contributed by atoms with E-state index in [2.05, 4.69) is 13.8 Å². The van der Waals surface area contributed by atoms with Crippen molar-refractivity contribution < 1.29 is 4.79 Å². The average Bonchev–Trinajstić information content (AvgIpc) is 2.15. The molecule has 0 atom stereocenters. The normalized spacial score (nSPS) is 10.6. The number of carbonyl (C=O) groups excluding carboxylic acids is 1. The summed E-state index contributed by atoms with van der Waals surface area (Å²) < 4.78 is 0. The van der Waals surface area contributed by atoms with Gasteiger partial charge >= 0.3 is 0 Å². The van der Waals surface area contributed by atoms with Crippen molar-refractivity contribution in [1.82, 2.24) is 4.90 Å². The van der Waals surface area contributed by atoms with E-state index in [9.17, 15) is 4.79 Å². The highest BCUT2D eigenvalue weighted by Gasteiger charge is 2.14. The van der Waals surface area contributed by atoms with Gasteiger partial charge in [0.05, 0.1) is 5.56 Å². The predicted octanol–water partition coefficient (Wildman–Crippen LogP) is 2.47. The van der Waals surface area contributed by atoms with Gasteiger partial charge in [-0.15, -0.1) is 11.8 Å². The Morgan fingerprint density at radius 1 is 1.38 bits per heavy atom. The minimum absolute atomic E-state index is 0.0168. The van der Waals surface area contributed by atoms with Crippen molar-refractivity contribution in [1.29, 1.82) is 0 Å². The molecule has 88 valence electrons. The summed E-state index contributed by atoms with van der Waals surface area (Å²) in [7, 11) is 3.50. The van der Waals surface area contributed by atoms with Gasteiger partial charge < -0.3 is 10.6 Å². The number of rotatable bonds is 3. The molecule has 0 spiro atoms. The van der Waals surface area contributed by atoms with E-state index in [1.807, 2.05) is 6.07 Å². The lowest BCUT2D eigenvalue weighted by Gasteiger charge is -2.15. The maximum absolute atomic E-state index is 11.9. The largest absolute Gasteiger partial charge is 0.399 e. The predicted molar refractivity (Wildman–Crippen MR) is 69.9 cm³/mol. The van der Waals surface area contributed by atoms with Crippen molar-refractivity contribution in [2.24, 2.45) is 0 Å². The number of hydrogen-bond donors (Lipinski definition) is 1. The molecule has 16 heavy (non-hydrogen) atoms. The van der Waals surface area contributed by atoms with Crippen molar-refractivity contribution >= 4 is 23.4 Å². The van der Waals surface area contributed by atoms with Gasteiger partial charge in [0.1, 0.15) is 0 Å². The zero-order valence-electron chi connectivity index (χ0n) is 10.2. The second-order valence-electron chi connectivity index (χ2n) is 4.12. The molecule has 0 heterocycles. The summed E-state index contributed by atoms with van der Waals surface area (Å²) in [6.45, 7) is 4.19. The van der Waals surface area contributed by atoms with Crippen LogP contribution in [-0.4, -0.2) is 30.2 Å². The van der Waals surface area contributed by atoms with Crippen molar-refractivity contribution in [2.45, 2.75) is 24.0 Å². The Hall–Kier alpha value is -1.16. The molecule has 0 unspecified atom stereocenters. The zero-order chi connectivity index (χ0) is 12.3. The standard InChI is InChI=1S/C12H18N2OS/c1-8(2)16-11-7-9(13)5-6-10(11)12(15)14(3)4/h5-8H,13H2,1-4H3. The Morgan fingerprint density at radius 3 is 2.50 bits per heavy atom. The molecule has 0 aliphatic rings. The molecule has 0 radical (unpaired) electrons. The van der Waals surface area contributed by atoms with Gasteiger partial charge in [-0.05, 0) is 18.2 Å². The molecule has 0 saturated heterocycles. The van der Waals surface area contributed by atoms with Crippen LogP contribution in [0.5, 0.6) is 0 Å². The molecule has 1 amide bonds. The summed E-state index contributed by atoms with van der Waals surface area (Å²) in [5.41, 5.74) is 7.15. The first-order valence-corrected chi connectivity index (χ1v) is 6.07. The summed E-state index contributed by atoms with van der Waals surface area (Å²) in [5.74, 6) is 0.0168. The van der Waals surface area contributed by atoms with Crippen LogP contribution in [-0.2, 0) is 0 Å². The maximum Gasteiger partial charge on any atom is 0.254 e. The minimum Gasteiger partial charge on any atom is -0.399 e. The summed E-state index contributed by atoms with van der Waals surface area (Å²) in [5, 5.41) is 0.426. The molecule has 3 nitrogen and oxygen atoms in total. The number of anilines is 1. The number of nitrogen functional groups attached to an aromatic ring is 1. The van der Waals surface area contributed by atoms with E-state index in [0.29, 0.717) is 10.9 Å². The van der Waals surface area contributed by atoms with E-state index < -0.39 is 0 Å². The molecule has 1 aromatic rings. The van der Waals surface area contributed by atoms with Gasteiger partial charge in [-0.25, -0.2) is 0 Å². The monoisotopic (exact) mass is 238 g/mol. The summed E-state index contributed by atoms with van der Waals surface area (Å²) in [6.07, 6.45) is 0. The topological polar surface area (TPSA) is 46.3 Å². The number of amides is 1. The molecule has 1 aromatic carbocycles. The summed E-state index contributed by atoms with van der Waals surface area (Å²) in [6, 6.07) is 5.42. The van der Waals surface area contributed by atoms with Crippen LogP contribution in [0, 0.1) is 0 Å². The van der Waals surface area contributed by atoms with E-state index in [1.54, 1.807) is 42.9 Å². The molecular formula is C12H18N2OS. The number of carbonyl (C=O) groups is 1. The first-order valence-electron chi connectivity index (χ1n) is 5.19. The highest BCUT2D eigenvalue weighted by atomic mass is 32.2. The van der Waals surface area contributed by atoms with Gasteiger partial charge in [-0.1, -0.05) is 13.8 Å². The van der Waals surface area contributed by atoms with Crippen LogP contribution >= 0.6 is 11.8 Å². The van der Waals surface area contributed by atoms with Crippen molar-refractivity contribution in [3.05, 3.63) is 23.8 Å². The molecule has 0 aliphatic carbocycles. The molecule has 1 rings (SSSR count). The van der Waals surface area contributed by atoms with Crippen LogP contribution in [0.1, 0.15) is 24.2 Å². The lowest BCUT2D eigenvalue weighted by Crippen LogP contribution is -2.22. The third-order valence-corrected chi connectivity index (χ3v) is 3.07. The fraction of sp³-hybridized carbons (Fsp3) is 0.417. The lowest BCUT2D eigenvalue weighted by atomic mass is 10.2. The Bertz CT molecular complexity index is 389. The van der Waals surface area contributed by atoms with Gasteiger partial charge in [0.2, 0.25) is 0 Å². The van der Waals surface area contributed by atoms with Crippen LogP contribution in [0.15, 0.2) is 23.1 Å². The first kappa shape index (κ1) is 12.9. The van der Waals surface area contributed by atoms with E-state index in [-0.39, 0.29) is 5.91 Å². The van der Waals surface area contributed by atoms with E-state index in [1.165, 1.54) is 0 Å². The van der Waals surface area contributed by atoms with Gasteiger partial charge in [0.15, 0.2) is 0 Å². The van der Waals surface area contributed by atoms with Crippen LogP contribution in [0.4, 0.5) is 5.69 Å². The SMILES string of the molecule is CC(C)Sc1cc(N)ccc1C(=O)N(C)C. The van der Waals surface area contributed by atoms with E-state index in [4.69, 9.17) is 5.73 Å². The number of benzene rings is 1. The maximum atomic E-state index is 11.9. The third-order valence-electron chi connectivity index (χ3n) is 2.00. The minimum atomic E-state index is 0.0168. The first-order chi connectivity index (χ1) is 7.41. The van der Waals surface area contributed by atoms with Crippen LogP contribution in [0.3, 0.4) is 0 Å². The van der Waals surface area contributed by atoms with Crippen molar-refractivity contribution in [2.75, 3.05) is 19.8 Å². The van der Waals surface area contributed by atoms with Crippen molar-refractivity contribution in [3.63, 3.8) is 0 Å². The Kier molecular flexibility index (Phi) is 4.24. The molecule has 0 fully saturated rings. The molecule has 0 aromatic heterocycles. The van der Waals surface area contributed by atoms with Crippen LogP contribution in [0.25, 0.3) is 0 Å². The van der Waals surface area contributed by atoms with E-state index in [0.717, 1.165) is 10.5 Å². The lowest BCUT2D eigenvalue weighted by molar-refractivity contribution is 0.0824. The van der Waals surface area contributed by atoms with E-state index >= 15 is 0 Å². The molecule has 2 N–H and O–H groups in total. The third kappa shape index (κ3) is 3.17. The molecule has 0 bridgehead atoms. The highest BCUT2D eigenvalue weighted by Crippen LogP contribution is 2.29. The molecule has 0 aliphatic heterocycles. The highest BCUT2D eigenvalue weighted by molar-refractivity contribution is 8.00. The molecule has 4 heteroatoms. The average molecular weight is 238 g/mol. The van der Waals surface area contributed by atoms with Gasteiger partial charge in [0, 0.05) is 29.9 Å². The smallest absolute Gasteiger partial charge is 0.254 e. The quantitative estimate of drug-likeness (QED) is 0.650. The molecule has 0 saturated carbocycles. The zero-order valence-corrected chi connectivity index (χ0v) is 11.0. The van der Waals surface area contributed by atoms with Gasteiger partial charge in [-0.2, -0.15) is 0 Å². The number of hydrogen-bond acceptors (Lipinski definition) is 3. The second-order valence-corrected chi connectivity index (χ2v) is 5.74. The Morgan fingerprint density at radius 2 is 2.00 bits per heavy atom. The number of nitrogens with two attached hydrogens (primary N) is 1. The van der Waals surface area contributed by atoms with Gasteiger partial charge in [0.25, 0.3) is 5.91 Å². The second kappa shape index (κ2) is 5.25. The van der Waals surface area contributed by atoms with Gasteiger partial charge in [-0.3, -0.25) is 4.79 Å². The van der Waals surface area contributed by atoms with Crippen LogP contribution < -0.4 is 5.73 Å².